The summed E-state index contributed by atoms with van der Waals surface area (Å²) in [7, 11) is 0. The van der Waals surface area contributed by atoms with Gasteiger partial charge in [0.1, 0.15) is 18.2 Å². The zero-order valence-electron chi connectivity index (χ0n) is 9.89. The number of anilines is 1. The third kappa shape index (κ3) is 3.21. The molecule has 2 N–H and O–H groups in total. The zero-order valence-corrected chi connectivity index (χ0v) is 9.89. The van der Waals surface area contributed by atoms with E-state index in [1.165, 1.54) is 5.56 Å². The molecule has 0 fully saturated rings. The summed E-state index contributed by atoms with van der Waals surface area (Å²) in [6.07, 6.45) is 1.01. The predicted molar refractivity (Wildman–Crippen MR) is 68.8 cm³/mol. The Labute approximate surface area is 101 Å². The van der Waals surface area contributed by atoms with E-state index in [4.69, 9.17) is 10.5 Å². The number of ether oxygens (including phenoxy) is 1. The first-order valence-electron chi connectivity index (χ1n) is 5.71. The van der Waals surface area contributed by atoms with E-state index in [1.54, 1.807) is 6.07 Å². The summed E-state index contributed by atoms with van der Waals surface area (Å²) in [5.74, 6) is 1.39. The van der Waals surface area contributed by atoms with E-state index in [2.05, 4.69) is 18.0 Å². The molecule has 2 aromatic rings. The third-order valence-corrected chi connectivity index (χ3v) is 2.52. The van der Waals surface area contributed by atoms with Crippen LogP contribution in [0.1, 0.15) is 18.2 Å². The summed E-state index contributed by atoms with van der Waals surface area (Å²) in [5, 5.41) is 0. The second kappa shape index (κ2) is 5.34. The smallest absolute Gasteiger partial charge is 0.130 e. The minimum Gasteiger partial charge on any atom is -0.487 e. The van der Waals surface area contributed by atoms with Crippen molar-refractivity contribution < 1.29 is 4.74 Å². The standard InChI is InChI=1S/C14H16N2O/c1-2-11-5-3-7-13(9-11)17-10-12-6-4-8-14(15)16-12/h3-9H,2,10H2,1H3,(H2,15,16). The summed E-state index contributed by atoms with van der Waals surface area (Å²) < 4.78 is 5.67. The van der Waals surface area contributed by atoms with Crippen molar-refractivity contribution in [1.82, 2.24) is 4.98 Å². The molecule has 1 heterocycles. The van der Waals surface area contributed by atoms with Gasteiger partial charge in [-0.1, -0.05) is 25.1 Å². The maximum absolute atomic E-state index is 5.67. The van der Waals surface area contributed by atoms with Crippen LogP contribution in [0, 0.1) is 0 Å². The van der Waals surface area contributed by atoms with Gasteiger partial charge in [0.05, 0.1) is 5.69 Å². The van der Waals surface area contributed by atoms with E-state index in [-0.39, 0.29) is 0 Å². The average Bonchev–Trinajstić information content (AvgIpc) is 2.37. The molecule has 0 saturated heterocycles. The molecule has 0 atom stereocenters. The van der Waals surface area contributed by atoms with Crippen molar-refractivity contribution in [1.29, 1.82) is 0 Å². The molecule has 0 aliphatic heterocycles. The maximum Gasteiger partial charge on any atom is 0.130 e. The topological polar surface area (TPSA) is 48.1 Å². The lowest BCUT2D eigenvalue weighted by molar-refractivity contribution is 0.301. The van der Waals surface area contributed by atoms with Crippen LogP contribution < -0.4 is 10.5 Å². The highest BCUT2D eigenvalue weighted by atomic mass is 16.5. The Kier molecular flexibility index (Phi) is 3.60. The van der Waals surface area contributed by atoms with Crippen LogP contribution in [0.3, 0.4) is 0 Å². The molecular formula is C14H16N2O. The van der Waals surface area contributed by atoms with Crippen LogP contribution in [-0.4, -0.2) is 4.98 Å². The van der Waals surface area contributed by atoms with Gasteiger partial charge in [-0.25, -0.2) is 4.98 Å². The molecule has 0 aliphatic carbocycles. The number of nitrogens with zero attached hydrogens (tertiary/aromatic N) is 1. The minimum atomic E-state index is 0.443. The van der Waals surface area contributed by atoms with Gasteiger partial charge in [0.25, 0.3) is 0 Å². The first kappa shape index (κ1) is 11.5. The summed E-state index contributed by atoms with van der Waals surface area (Å²) in [6, 6.07) is 13.6. The number of pyridine rings is 1. The van der Waals surface area contributed by atoms with Gasteiger partial charge in [-0.05, 0) is 36.2 Å². The average molecular weight is 228 g/mol. The molecule has 0 unspecified atom stereocenters. The number of aromatic nitrogens is 1. The van der Waals surface area contributed by atoms with Crippen molar-refractivity contribution in [3.63, 3.8) is 0 Å². The van der Waals surface area contributed by atoms with Crippen LogP contribution in [-0.2, 0) is 13.0 Å². The molecule has 2 rings (SSSR count). The Morgan fingerprint density at radius 1 is 1.18 bits per heavy atom. The van der Waals surface area contributed by atoms with Crippen molar-refractivity contribution in [2.75, 3.05) is 5.73 Å². The highest BCUT2D eigenvalue weighted by molar-refractivity contribution is 5.30. The van der Waals surface area contributed by atoms with Crippen LogP contribution in [0.2, 0.25) is 0 Å². The van der Waals surface area contributed by atoms with Gasteiger partial charge in [0.15, 0.2) is 0 Å². The van der Waals surface area contributed by atoms with Gasteiger partial charge < -0.3 is 10.5 Å². The van der Waals surface area contributed by atoms with Gasteiger partial charge >= 0.3 is 0 Å². The number of hydrogen-bond acceptors (Lipinski definition) is 3. The van der Waals surface area contributed by atoms with E-state index >= 15 is 0 Å². The van der Waals surface area contributed by atoms with E-state index < -0.39 is 0 Å². The Morgan fingerprint density at radius 2 is 2.00 bits per heavy atom. The number of rotatable bonds is 4. The van der Waals surface area contributed by atoms with Crippen LogP contribution in [0.4, 0.5) is 5.82 Å². The lowest BCUT2D eigenvalue weighted by atomic mass is 10.2. The normalized spacial score (nSPS) is 10.2. The minimum absolute atomic E-state index is 0.443. The molecule has 88 valence electrons. The fraction of sp³-hybridized carbons (Fsp3) is 0.214. The van der Waals surface area contributed by atoms with Crippen molar-refractivity contribution in [2.45, 2.75) is 20.0 Å². The molecular weight excluding hydrogens is 212 g/mol. The summed E-state index contributed by atoms with van der Waals surface area (Å²) in [6.45, 7) is 2.57. The fourth-order valence-electron chi connectivity index (χ4n) is 1.59. The molecule has 0 saturated carbocycles. The molecule has 0 bridgehead atoms. The van der Waals surface area contributed by atoms with E-state index in [9.17, 15) is 0 Å². The quantitative estimate of drug-likeness (QED) is 0.875. The highest BCUT2D eigenvalue weighted by Gasteiger charge is 1.98. The largest absolute Gasteiger partial charge is 0.487 e. The van der Waals surface area contributed by atoms with E-state index in [0.717, 1.165) is 17.9 Å². The van der Waals surface area contributed by atoms with Crippen LogP contribution >= 0.6 is 0 Å². The molecule has 0 amide bonds. The molecule has 3 heteroatoms. The van der Waals surface area contributed by atoms with Crippen molar-refractivity contribution in [3.05, 3.63) is 53.7 Å². The number of hydrogen-bond donors (Lipinski definition) is 1. The lowest BCUT2D eigenvalue weighted by Gasteiger charge is -2.07. The van der Waals surface area contributed by atoms with Crippen LogP contribution in [0.5, 0.6) is 5.75 Å². The summed E-state index contributed by atoms with van der Waals surface area (Å²) in [4.78, 5) is 4.18. The second-order valence-electron chi connectivity index (χ2n) is 3.84. The molecule has 1 aromatic heterocycles. The van der Waals surface area contributed by atoms with Gasteiger partial charge in [0, 0.05) is 0 Å². The summed E-state index contributed by atoms with van der Waals surface area (Å²) in [5.41, 5.74) is 7.71. The Morgan fingerprint density at radius 3 is 2.76 bits per heavy atom. The Balaban J connectivity index is 2.02. The maximum atomic E-state index is 5.67. The SMILES string of the molecule is CCc1cccc(OCc2cccc(N)n2)c1. The third-order valence-electron chi connectivity index (χ3n) is 2.52. The second-order valence-corrected chi connectivity index (χ2v) is 3.84. The Hall–Kier alpha value is -2.03. The first-order valence-corrected chi connectivity index (χ1v) is 5.71. The fourth-order valence-corrected chi connectivity index (χ4v) is 1.59. The molecule has 3 nitrogen and oxygen atoms in total. The number of nitrogens with two attached hydrogens (primary N) is 1. The van der Waals surface area contributed by atoms with Crippen molar-refractivity contribution in [3.8, 4) is 5.75 Å². The van der Waals surface area contributed by atoms with E-state index in [0.29, 0.717) is 12.4 Å². The zero-order chi connectivity index (χ0) is 12.1. The van der Waals surface area contributed by atoms with Crippen molar-refractivity contribution in [2.24, 2.45) is 0 Å². The molecule has 0 aliphatic rings. The monoisotopic (exact) mass is 228 g/mol. The first-order chi connectivity index (χ1) is 8.28. The Bertz CT molecular complexity index is 497. The van der Waals surface area contributed by atoms with Gasteiger partial charge in [-0.15, -0.1) is 0 Å². The van der Waals surface area contributed by atoms with Gasteiger partial charge in [-0.2, -0.15) is 0 Å². The van der Waals surface area contributed by atoms with Crippen LogP contribution in [0.25, 0.3) is 0 Å². The number of aryl methyl sites for hydroxylation is 1. The van der Waals surface area contributed by atoms with Gasteiger partial charge in [0.2, 0.25) is 0 Å². The highest BCUT2D eigenvalue weighted by Crippen LogP contribution is 2.15. The van der Waals surface area contributed by atoms with Gasteiger partial charge in [-0.3, -0.25) is 0 Å². The number of nitrogen functional groups attached to an aromatic ring is 1. The number of benzene rings is 1. The van der Waals surface area contributed by atoms with Crippen molar-refractivity contribution >= 4 is 5.82 Å². The van der Waals surface area contributed by atoms with Crippen LogP contribution in [0.15, 0.2) is 42.5 Å². The predicted octanol–water partition coefficient (Wildman–Crippen LogP) is 2.81. The molecule has 0 spiro atoms. The molecule has 1 aromatic carbocycles. The summed E-state index contributed by atoms with van der Waals surface area (Å²) >= 11 is 0. The molecule has 17 heavy (non-hydrogen) atoms. The lowest BCUT2D eigenvalue weighted by Crippen LogP contribution is -2.00. The van der Waals surface area contributed by atoms with E-state index in [1.807, 2.05) is 30.3 Å². The molecule has 0 radical (unpaired) electrons.